The van der Waals surface area contributed by atoms with Gasteiger partial charge >= 0.3 is 11.9 Å². The SMILES string of the molecule is CCOC(=O)C(P)CC(=O)O. The van der Waals surface area contributed by atoms with Crippen LogP contribution >= 0.6 is 9.24 Å². The number of esters is 1. The Bertz CT molecular complexity index is 157. The number of carboxylic acids is 1. The van der Waals surface area contributed by atoms with Crippen LogP contribution in [0.2, 0.25) is 0 Å². The first-order valence-electron chi connectivity index (χ1n) is 3.22. The zero-order chi connectivity index (χ0) is 8.85. The summed E-state index contributed by atoms with van der Waals surface area (Å²) >= 11 is 0. The Balaban J connectivity index is 3.73. The second-order valence-corrected chi connectivity index (χ2v) is 2.76. The number of carboxylic acid groups (broad SMARTS) is 1. The minimum Gasteiger partial charge on any atom is -0.481 e. The van der Waals surface area contributed by atoms with Gasteiger partial charge in [-0.25, -0.2) is 0 Å². The molecular formula is C6H11O4P. The van der Waals surface area contributed by atoms with E-state index in [9.17, 15) is 9.59 Å². The lowest BCUT2D eigenvalue weighted by Gasteiger charge is -2.06. The van der Waals surface area contributed by atoms with E-state index in [1.54, 1.807) is 6.92 Å². The van der Waals surface area contributed by atoms with E-state index in [4.69, 9.17) is 5.11 Å². The van der Waals surface area contributed by atoms with Gasteiger partial charge in [-0.05, 0) is 6.92 Å². The quantitative estimate of drug-likeness (QED) is 0.495. The Hall–Kier alpha value is -0.630. The van der Waals surface area contributed by atoms with Crippen molar-refractivity contribution in [2.45, 2.75) is 19.0 Å². The average Bonchev–Trinajstić information content (AvgIpc) is 1.86. The van der Waals surface area contributed by atoms with Crippen LogP contribution in [0.15, 0.2) is 0 Å². The van der Waals surface area contributed by atoms with Crippen molar-refractivity contribution in [2.75, 3.05) is 6.61 Å². The third-order valence-corrected chi connectivity index (χ3v) is 1.49. The molecule has 2 atom stereocenters. The van der Waals surface area contributed by atoms with Crippen LogP contribution in [0, 0.1) is 0 Å². The summed E-state index contributed by atoms with van der Waals surface area (Å²) in [6.45, 7) is 1.96. The molecule has 0 saturated heterocycles. The molecule has 0 aromatic heterocycles. The minimum absolute atomic E-state index is 0.205. The highest BCUT2D eigenvalue weighted by Gasteiger charge is 2.16. The number of hydrogen-bond acceptors (Lipinski definition) is 3. The summed E-state index contributed by atoms with van der Waals surface area (Å²) in [5.41, 5.74) is -0.632. The van der Waals surface area contributed by atoms with Crippen LogP contribution in [0.25, 0.3) is 0 Å². The highest BCUT2D eigenvalue weighted by Crippen LogP contribution is 2.07. The second-order valence-electron chi connectivity index (χ2n) is 1.96. The molecule has 0 aliphatic heterocycles. The molecular weight excluding hydrogens is 167 g/mol. The first-order valence-corrected chi connectivity index (χ1v) is 3.88. The summed E-state index contributed by atoms with van der Waals surface area (Å²) in [4.78, 5) is 20.9. The maximum absolute atomic E-state index is 10.8. The van der Waals surface area contributed by atoms with Gasteiger partial charge in [0.25, 0.3) is 0 Å². The van der Waals surface area contributed by atoms with E-state index in [0.717, 1.165) is 0 Å². The molecule has 0 amide bonds. The number of carbonyl (C=O) groups is 2. The molecule has 0 fully saturated rings. The molecule has 64 valence electrons. The lowest BCUT2D eigenvalue weighted by Crippen LogP contribution is -2.20. The van der Waals surface area contributed by atoms with Crippen LogP contribution in [0.1, 0.15) is 13.3 Å². The van der Waals surface area contributed by atoms with Crippen molar-refractivity contribution in [3.63, 3.8) is 0 Å². The number of carbonyl (C=O) groups excluding carboxylic acids is 1. The smallest absolute Gasteiger partial charge is 0.313 e. The summed E-state index contributed by atoms with van der Waals surface area (Å²) in [5.74, 6) is -1.49. The van der Waals surface area contributed by atoms with Crippen LogP contribution in [-0.4, -0.2) is 29.3 Å². The van der Waals surface area contributed by atoms with E-state index in [2.05, 4.69) is 14.0 Å². The van der Waals surface area contributed by atoms with E-state index in [1.807, 2.05) is 0 Å². The largest absolute Gasteiger partial charge is 0.481 e. The van der Waals surface area contributed by atoms with E-state index in [0.29, 0.717) is 0 Å². The second kappa shape index (κ2) is 5.08. The van der Waals surface area contributed by atoms with Crippen LogP contribution in [0.5, 0.6) is 0 Å². The summed E-state index contributed by atoms with van der Waals surface area (Å²) in [7, 11) is 2.14. The third kappa shape index (κ3) is 4.73. The van der Waals surface area contributed by atoms with Gasteiger partial charge in [-0.3, -0.25) is 9.59 Å². The van der Waals surface area contributed by atoms with E-state index < -0.39 is 17.6 Å². The predicted octanol–water partition coefficient (Wildman–Crippen LogP) is 0.268. The fourth-order valence-corrected chi connectivity index (χ4v) is 0.819. The first-order chi connectivity index (χ1) is 5.07. The molecule has 11 heavy (non-hydrogen) atoms. The summed E-state index contributed by atoms with van der Waals surface area (Å²) in [6.07, 6.45) is -0.205. The maximum atomic E-state index is 10.8. The fourth-order valence-electron chi connectivity index (χ4n) is 0.521. The van der Waals surface area contributed by atoms with Gasteiger partial charge in [0.1, 0.15) is 0 Å². The van der Waals surface area contributed by atoms with Gasteiger partial charge in [0.05, 0.1) is 18.7 Å². The average molecular weight is 178 g/mol. The molecule has 1 N–H and O–H groups in total. The monoisotopic (exact) mass is 178 g/mol. The van der Waals surface area contributed by atoms with E-state index in [1.165, 1.54) is 0 Å². The molecule has 0 bridgehead atoms. The topological polar surface area (TPSA) is 63.6 Å². The summed E-state index contributed by atoms with van der Waals surface area (Å²) in [6, 6.07) is 0. The molecule has 0 saturated carbocycles. The van der Waals surface area contributed by atoms with Crippen molar-refractivity contribution < 1.29 is 19.4 Å². The molecule has 0 aliphatic carbocycles. The van der Waals surface area contributed by atoms with Crippen molar-refractivity contribution in [2.24, 2.45) is 0 Å². The van der Waals surface area contributed by atoms with Crippen LogP contribution in [0.3, 0.4) is 0 Å². The van der Waals surface area contributed by atoms with Gasteiger partial charge in [-0.1, -0.05) is 0 Å². The Morgan fingerprint density at radius 2 is 2.18 bits per heavy atom. The van der Waals surface area contributed by atoms with Crippen molar-refractivity contribution in [3.05, 3.63) is 0 Å². The van der Waals surface area contributed by atoms with Crippen molar-refractivity contribution in [1.82, 2.24) is 0 Å². The number of ether oxygens (including phenoxy) is 1. The number of hydrogen-bond donors (Lipinski definition) is 1. The molecule has 0 spiro atoms. The maximum Gasteiger partial charge on any atom is 0.313 e. The molecule has 0 radical (unpaired) electrons. The number of aliphatic carboxylic acids is 1. The molecule has 0 aliphatic rings. The Kier molecular flexibility index (Phi) is 4.79. The highest BCUT2D eigenvalue weighted by molar-refractivity contribution is 7.19. The van der Waals surface area contributed by atoms with Crippen molar-refractivity contribution >= 4 is 21.2 Å². The van der Waals surface area contributed by atoms with E-state index >= 15 is 0 Å². The van der Waals surface area contributed by atoms with Crippen molar-refractivity contribution in [1.29, 1.82) is 0 Å². The zero-order valence-corrected chi connectivity index (χ0v) is 7.40. The zero-order valence-electron chi connectivity index (χ0n) is 6.24. The molecule has 4 nitrogen and oxygen atoms in total. The van der Waals surface area contributed by atoms with Crippen LogP contribution < -0.4 is 0 Å². The molecule has 2 unspecified atom stereocenters. The number of rotatable bonds is 4. The lowest BCUT2D eigenvalue weighted by molar-refractivity contribution is -0.146. The third-order valence-electron chi connectivity index (χ3n) is 0.984. The molecule has 0 aromatic rings. The summed E-state index contributed by atoms with van der Waals surface area (Å²) in [5, 5.41) is 8.28. The Morgan fingerprint density at radius 1 is 1.64 bits per heavy atom. The van der Waals surface area contributed by atoms with Gasteiger partial charge in [0, 0.05) is 0 Å². The van der Waals surface area contributed by atoms with Gasteiger partial charge in [-0.15, -0.1) is 9.24 Å². The van der Waals surface area contributed by atoms with Gasteiger partial charge in [0.15, 0.2) is 0 Å². The lowest BCUT2D eigenvalue weighted by atomic mass is 10.3. The van der Waals surface area contributed by atoms with Crippen LogP contribution in [0.4, 0.5) is 0 Å². The van der Waals surface area contributed by atoms with E-state index in [-0.39, 0.29) is 13.0 Å². The molecule has 0 rings (SSSR count). The highest BCUT2D eigenvalue weighted by atomic mass is 31.0. The fraction of sp³-hybridized carbons (Fsp3) is 0.667. The van der Waals surface area contributed by atoms with Gasteiger partial charge in [-0.2, -0.15) is 0 Å². The summed E-state index contributed by atoms with van der Waals surface area (Å²) < 4.78 is 4.58. The first kappa shape index (κ1) is 10.4. The molecule has 0 heterocycles. The molecule has 0 aromatic carbocycles. The normalized spacial score (nSPS) is 12.2. The Morgan fingerprint density at radius 3 is 2.55 bits per heavy atom. The Labute approximate surface area is 67.1 Å². The minimum atomic E-state index is -1.00. The van der Waals surface area contributed by atoms with Crippen LogP contribution in [-0.2, 0) is 14.3 Å². The van der Waals surface area contributed by atoms with Gasteiger partial charge < -0.3 is 9.84 Å². The van der Waals surface area contributed by atoms with Crippen molar-refractivity contribution in [3.8, 4) is 0 Å². The standard InChI is InChI=1S/C6H11O4P/c1-2-10-6(9)4(11)3-5(7)8/h4H,2-3,11H2,1H3,(H,7,8). The van der Waals surface area contributed by atoms with Gasteiger partial charge in [0.2, 0.25) is 0 Å². The predicted molar refractivity (Wildman–Crippen MR) is 42.4 cm³/mol. The molecule has 5 heteroatoms.